The van der Waals surface area contributed by atoms with Crippen LogP contribution in [-0.2, 0) is 0 Å². The van der Waals surface area contributed by atoms with Gasteiger partial charge in [-0.05, 0) is 12.1 Å². The Labute approximate surface area is 97.0 Å². The molecule has 1 heterocycles. The summed E-state index contributed by atoms with van der Waals surface area (Å²) in [5.74, 6) is 5.69. The van der Waals surface area contributed by atoms with Gasteiger partial charge in [-0.15, -0.1) is 4.79 Å². The van der Waals surface area contributed by atoms with E-state index in [1.807, 2.05) is 0 Å². The average Bonchev–Trinajstić information content (AvgIpc) is 2.55. The minimum atomic E-state index is -0.720. The summed E-state index contributed by atoms with van der Waals surface area (Å²) in [6, 6.07) is 4.58. The summed E-state index contributed by atoms with van der Waals surface area (Å²) in [6.45, 7) is 0. The van der Waals surface area contributed by atoms with Crippen LogP contribution in [0.4, 0.5) is 5.69 Å². The van der Waals surface area contributed by atoms with Crippen LogP contribution in [0.25, 0.3) is 5.69 Å². The number of anilines is 1. The molecule has 2 aromatic rings. The van der Waals surface area contributed by atoms with E-state index >= 15 is 0 Å². The van der Waals surface area contributed by atoms with E-state index in [0.717, 1.165) is 4.57 Å². The lowest BCUT2D eigenvalue weighted by Gasteiger charge is -2.06. The monoisotopic (exact) mass is 255 g/mol. The lowest BCUT2D eigenvalue weighted by molar-refractivity contribution is 0.645. The molecule has 0 bridgehead atoms. The quantitative estimate of drug-likeness (QED) is 0.353. The summed E-state index contributed by atoms with van der Waals surface area (Å²) < 4.78 is 5.74. The minimum Gasteiger partial charge on any atom is -0.480 e. The van der Waals surface area contributed by atoms with E-state index in [-0.39, 0.29) is 11.4 Å². The third kappa shape index (κ3) is 1.78. The first kappa shape index (κ1) is 11.3. The number of nitrogens with one attached hydrogen (secondary N) is 1. The van der Waals surface area contributed by atoms with Crippen molar-refractivity contribution in [3.63, 3.8) is 0 Å². The van der Waals surface area contributed by atoms with Crippen LogP contribution < -0.4 is 27.5 Å². The molecule has 0 amide bonds. The molecule has 5 N–H and O–H groups in total. The van der Waals surface area contributed by atoms with Crippen molar-refractivity contribution in [1.29, 1.82) is 0 Å². The van der Waals surface area contributed by atoms with E-state index in [1.54, 1.807) is 6.07 Å². The van der Waals surface area contributed by atoms with E-state index in [0.29, 0.717) is 10.5 Å². The van der Waals surface area contributed by atoms with Crippen LogP contribution >= 0.6 is 9.47 Å². The summed E-state index contributed by atoms with van der Waals surface area (Å²) >= 11 is 0. The zero-order valence-electron chi connectivity index (χ0n) is 8.58. The molecule has 0 fully saturated rings. The number of aromatic amines is 1. The number of aromatic nitrogens is 3. The highest BCUT2D eigenvalue weighted by Gasteiger charge is 2.12. The number of rotatable bonds is 2. The molecule has 1 aromatic heterocycles. The van der Waals surface area contributed by atoms with Crippen molar-refractivity contribution in [1.82, 2.24) is 14.5 Å². The SMILES string of the molecule is Nc1ccc(OP)cc1-n1c(=O)[nH]n(N)c1=O. The fraction of sp³-hybridized carbons (Fsp3) is 0. The second kappa shape index (κ2) is 3.99. The molecule has 17 heavy (non-hydrogen) atoms. The first-order chi connectivity index (χ1) is 8.04. The van der Waals surface area contributed by atoms with Gasteiger partial charge < -0.3 is 16.1 Å². The summed E-state index contributed by atoms with van der Waals surface area (Å²) in [6.07, 6.45) is 0. The van der Waals surface area contributed by atoms with Gasteiger partial charge in [0.15, 0.2) is 0 Å². The van der Waals surface area contributed by atoms with Gasteiger partial charge in [0.1, 0.15) is 5.75 Å². The number of nitrogens with zero attached hydrogens (tertiary/aromatic N) is 2. The maximum Gasteiger partial charge on any atom is 0.370 e. The van der Waals surface area contributed by atoms with Crippen LogP contribution in [0.5, 0.6) is 5.75 Å². The molecule has 0 aliphatic carbocycles. The average molecular weight is 255 g/mol. The highest BCUT2D eigenvalue weighted by atomic mass is 31.0. The topological polar surface area (TPSA) is 121 Å². The summed E-state index contributed by atoms with van der Waals surface area (Å²) in [5.41, 5.74) is 4.77. The highest BCUT2D eigenvalue weighted by molar-refractivity contribution is 7.10. The van der Waals surface area contributed by atoms with Crippen molar-refractivity contribution < 1.29 is 4.52 Å². The van der Waals surface area contributed by atoms with Crippen molar-refractivity contribution in [3.8, 4) is 11.4 Å². The Bertz CT molecular complexity index is 671. The standard InChI is InChI=1S/C8H10N5O3P/c9-5-2-1-4(16-17)3-6(5)12-7(14)11-13(10)8(12)15/h1-3H,9-10,17H2,(H,11,14). The predicted molar refractivity (Wildman–Crippen MR) is 65.6 cm³/mol. The summed E-state index contributed by atoms with van der Waals surface area (Å²) in [4.78, 5) is 23.7. The van der Waals surface area contributed by atoms with Gasteiger partial charge in [0.25, 0.3) is 0 Å². The Morgan fingerprint density at radius 2 is 2.06 bits per heavy atom. The van der Waals surface area contributed by atoms with E-state index < -0.39 is 11.4 Å². The third-order valence-electron chi connectivity index (χ3n) is 2.20. The van der Waals surface area contributed by atoms with Crippen molar-refractivity contribution in [3.05, 3.63) is 39.2 Å². The second-order valence-electron chi connectivity index (χ2n) is 3.24. The molecule has 2 rings (SSSR count). The van der Waals surface area contributed by atoms with Gasteiger partial charge in [-0.2, -0.15) is 0 Å². The highest BCUT2D eigenvalue weighted by Crippen LogP contribution is 2.22. The zero-order valence-corrected chi connectivity index (χ0v) is 9.74. The molecule has 90 valence electrons. The lowest BCUT2D eigenvalue weighted by atomic mass is 10.2. The van der Waals surface area contributed by atoms with Gasteiger partial charge >= 0.3 is 11.4 Å². The van der Waals surface area contributed by atoms with Gasteiger partial charge in [-0.25, -0.2) is 19.3 Å². The van der Waals surface area contributed by atoms with E-state index in [2.05, 4.69) is 14.6 Å². The second-order valence-corrected chi connectivity index (χ2v) is 3.48. The molecule has 0 spiro atoms. The predicted octanol–water partition coefficient (Wildman–Crippen LogP) is -1.21. The number of benzene rings is 1. The molecule has 0 saturated heterocycles. The third-order valence-corrected chi connectivity index (χ3v) is 2.47. The summed E-state index contributed by atoms with van der Waals surface area (Å²) in [5, 5.41) is 2.13. The van der Waals surface area contributed by atoms with Crippen molar-refractivity contribution in [2.24, 2.45) is 0 Å². The van der Waals surface area contributed by atoms with Crippen LogP contribution in [0, 0.1) is 0 Å². The fourth-order valence-corrected chi connectivity index (χ4v) is 1.54. The maximum atomic E-state index is 11.6. The van der Waals surface area contributed by atoms with Gasteiger partial charge in [0.05, 0.1) is 20.8 Å². The number of hydrogen-bond donors (Lipinski definition) is 3. The van der Waals surface area contributed by atoms with Crippen LogP contribution in [0.2, 0.25) is 0 Å². The Balaban J connectivity index is 2.76. The zero-order chi connectivity index (χ0) is 12.6. The van der Waals surface area contributed by atoms with Gasteiger partial charge in [0, 0.05) is 6.07 Å². The van der Waals surface area contributed by atoms with E-state index in [9.17, 15) is 9.59 Å². The number of hydrogen-bond acceptors (Lipinski definition) is 5. The van der Waals surface area contributed by atoms with Crippen LogP contribution in [0.1, 0.15) is 0 Å². The Hall–Kier alpha value is -2.21. The maximum absolute atomic E-state index is 11.6. The Morgan fingerprint density at radius 3 is 2.59 bits per heavy atom. The molecular weight excluding hydrogens is 245 g/mol. The first-order valence-electron chi connectivity index (χ1n) is 4.50. The molecule has 1 atom stereocenters. The lowest BCUT2D eigenvalue weighted by Crippen LogP contribution is -2.31. The molecule has 0 aliphatic rings. The molecule has 8 nitrogen and oxygen atoms in total. The van der Waals surface area contributed by atoms with Gasteiger partial charge in [0.2, 0.25) is 0 Å². The van der Waals surface area contributed by atoms with Crippen molar-refractivity contribution in [2.75, 3.05) is 11.6 Å². The number of nitrogens with two attached hydrogens (primary N) is 2. The normalized spacial score (nSPS) is 10.4. The smallest absolute Gasteiger partial charge is 0.370 e. The summed E-state index contributed by atoms with van der Waals surface area (Å²) in [7, 11) is 2.05. The van der Waals surface area contributed by atoms with Crippen LogP contribution in [0.15, 0.2) is 27.8 Å². The molecule has 9 heteroatoms. The molecule has 0 radical (unpaired) electrons. The largest absolute Gasteiger partial charge is 0.480 e. The minimum absolute atomic E-state index is 0.209. The fourth-order valence-electron chi connectivity index (χ4n) is 1.40. The Kier molecular flexibility index (Phi) is 2.64. The molecule has 1 unspecified atom stereocenters. The molecule has 0 saturated carbocycles. The molecule has 1 aromatic carbocycles. The first-order valence-corrected chi connectivity index (χ1v) is 4.97. The van der Waals surface area contributed by atoms with E-state index in [4.69, 9.17) is 16.1 Å². The molecular formula is C8H10N5O3P. The van der Waals surface area contributed by atoms with Crippen LogP contribution in [-0.4, -0.2) is 14.5 Å². The number of nitrogen functional groups attached to an aromatic ring is 2. The van der Waals surface area contributed by atoms with Crippen LogP contribution in [0.3, 0.4) is 0 Å². The molecule has 0 aliphatic heterocycles. The van der Waals surface area contributed by atoms with Crippen molar-refractivity contribution >= 4 is 15.2 Å². The van der Waals surface area contributed by atoms with Crippen molar-refractivity contribution in [2.45, 2.75) is 0 Å². The van der Waals surface area contributed by atoms with Gasteiger partial charge in [-0.3, -0.25) is 0 Å². The van der Waals surface area contributed by atoms with E-state index in [1.165, 1.54) is 12.1 Å². The Morgan fingerprint density at radius 1 is 1.35 bits per heavy atom. The number of H-pyrrole nitrogens is 1. The van der Waals surface area contributed by atoms with Gasteiger partial charge in [-0.1, -0.05) is 0 Å².